The minimum absolute atomic E-state index is 0.394. The standard InChI is InChI=1S/C15H10ClF19/c1-2-3-4-6(16)5-7(17,18)8(19,20)9(21,22)10(23,24)11(25,26)12(27,28)13(29,30)14(31,32)15(33,34)35/h2,6H,1,3-5H2. The lowest BCUT2D eigenvalue weighted by atomic mass is 9.86. The van der Waals surface area contributed by atoms with Gasteiger partial charge in [-0.25, -0.2) is 0 Å². The van der Waals surface area contributed by atoms with Crippen LogP contribution in [0.1, 0.15) is 19.3 Å². The van der Waals surface area contributed by atoms with Gasteiger partial charge in [-0.05, 0) is 12.8 Å². The van der Waals surface area contributed by atoms with Gasteiger partial charge in [0.15, 0.2) is 0 Å². The van der Waals surface area contributed by atoms with E-state index in [0.29, 0.717) is 0 Å². The molecule has 0 aromatic rings. The third kappa shape index (κ3) is 4.85. The van der Waals surface area contributed by atoms with Gasteiger partial charge in [-0.1, -0.05) is 6.08 Å². The topological polar surface area (TPSA) is 0 Å². The van der Waals surface area contributed by atoms with Crippen LogP contribution in [0.5, 0.6) is 0 Å². The van der Waals surface area contributed by atoms with Crippen LogP contribution in [-0.4, -0.2) is 58.9 Å². The van der Waals surface area contributed by atoms with Crippen LogP contribution in [0.4, 0.5) is 83.4 Å². The lowest BCUT2D eigenvalue weighted by Crippen LogP contribution is -2.75. The predicted octanol–water partition coefficient (Wildman–Crippen LogP) is 8.59. The van der Waals surface area contributed by atoms with Crippen molar-refractivity contribution in [3.63, 3.8) is 0 Å². The summed E-state index contributed by atoms with van der Waals surface area (Å²) in [6.07, 6.45) is -10.9. The maximum absolute atomic E-state index is 13.6. The molecule has 1 unspecified atom stereocenters. The molecule has 0 radical (unpaired) electrons. The van der Waals surface area contributed by atoms with Crippen molar-refractivity contribution in [1.82, 2.24) is 0 Å². The normalized spacial score (nSPS) is 16.9. The zero-order valence-electron chi connectivity index (χ0n) is 16.0. The monoisotopic (exact) mass is 586 g/mol. The van der Waals surface area contributed by atoms with Gasteiger partial charge in [0.2, 0.25) is 0 Å². The molecule has 0 saturated heterocycles. The van der Waals surface area contributed by atoms with Crippen LogP contribution in [-0.2, 0) is 0 Å². The summed E-state index contributed by atoms with van der Waals surface area (Å²) in [7, 11) is 0. The Kier molecular flexibility index (Phi) is 8.88. The molecule has 0 aliphatic heterocycles. The minimum atomic E-state index is -8.91. The number of rotatable bonds is 12. The Bertz CT molecular complexity index is 750. The lowest BCUT2D eigenvalue weighted by Gasteiger charge is -2.44. The maximum atomic E-state index is 13.6. The predicted molar refractivity (Wildman–Crippen MR) is 79.3 cm³/mol. The van der Waals surface area contributed by atoms with Gasteiger partial charge in [-0.2, -0.15) is 83.4 Å². The molecule has 0 N–H and O–H groups in total. The maximum Gasteiger partial charge on any atom is 0.460 e. The van der Waals surface area contributed by atoms with Crippen LogP contribution < -0.4 is 0 Å². The first-order valence-corrected chi connectivity index (χ1v) is 8.73. The largest absolute Gasteiger partial charge is 0.460 e. The highest BCUT2D eigenvalue weighted by atomic mass is 35.5. The van der Waals surface area contributed by atoms with Crippen molar-refractivity contribution >= 4 is 11.6 Å². The minimum Gasteiger partial charge on any atom is -0.200 e. The quantitative estimate of drug-likeness (QED) is 0.122. The molecule has 0 heterocycles. The first-order chi connectivity index (χ1) is 15.0. The number of allylic oxidation sites excluding steroid dienone is 1. The van der Waals surface area contributed by atoms with Crippen LogP contribution in [0, 0.1) is 0 Å². The van der Waals surface area contributed by atoms with Gasteiger partial charge in [0, 0.05) is 11.8 Å². The van der Waals surface area contributed by atoms with Crippen molar-refractivity contribution in [3.8, 4) is 0 Å². The van der Waals surface area contributed by atoms with E-state index in [1.165, 1.54) is 0 Å². The van der Waals surface area contributed by atoms with E-state index in [1.807, 2.05) is 0 Å². The third-order valence-corrected chi connectivity index (χ3v) is 4.72. The van der Waals surface area contributed by atoms with E-state index in [9.17, 15) is 83.4 Å². The Labute approximate surface area is 187 Å². The average Bonchev–Trinajstić information content (AvgIpc) is 2.63. The van der Waals surface area contributed by atoms with E-state index >= 15 is 0 Å². The fourth-order valence-electron chi connectivity index (χ4n) is 2.20. The van der Waals surface area contributed by atoms with Crippen molar-refractivity contribution in [2.45, 2.75) is 78.2 Å². The number of hydrogen-bond donors (Lipinski definition) is 0. The Morgan fingerprint density at radius 2 is 0.800 bits per heavy atom. The summed E-state index contributed by atoms with van der Waals surface area (Å²) >= 11 is 5.08. The van der Waals surface area contributed by atoms with Gasteiger partial charge in [0.1, 0.15) is 0 Å². The molecule has 0 aromatic heterocycles. The summed E-state index contributed by atoms with van der Waals surface area (Å²) in [5.74, 6) is -66.5. The molecule has 0 spiro atoms. The highest BCUT2D eigenvalue weighted by molar-refractivity contribution is 6.20. The van der Waals surface area contributed by atoms with Crippen molar-refractivity contribution < 1.29 is 83.4 Å². The average molecular weight is 587 g/mol. The molecule has 20 heteroatoms. The summed E-state index contributed by atoms with van der Waals surface area (Å²) in [4.78, 5) is 0. The molecular weight excluding hydrogens is 577 g/mol. The van der Waals surface area contributed by atoms with Crippen LogP contribution in [0.15, 0.2) is 12.7 Å². The highest BCUT2D eigenvalue weighted by Crippen LogP contribution is 2.65. The van der Waals surface area contributed by atoms with Crippen molar-refractivity contribution in [2.24, 2.45) is 0 Å². The second-order valence-corrected chi connectivity index (χ2v) is 7.51. The van der Waals surface area contributed by atoms with Crippen molar-refractivity contribution in [3.05, 3.63) is 12.7 Å². The van der Waals surface area contributed by atoms with Crippen molar-refractivity contribution in [2.75, 3.05) is 0 Å². The number of alkyl halides is 20. The van der Waals surface area contributed by atoms with Crippen LogP contribution in [0.3, 0.4) is 0 Å². The number of halogens is 20. The van der Waals surface area contributed by atoms with Crippen LogP contribution in [0.25, 0.3) is 0 Å². The first-order valence-electron chi connectivity index (χ1n) is 8.30. The van der Waals surface area contributed by atoms with E-state index in [1.54, 1.807) is 0 Å². The van der Waals surface area contributed by atoms with Gasteiger partial charge in [0.05, 0.1) is 0 Å². The molecule has 35 heavy (non-hydrogen) atoms. The molecule has 0 bridgehead atoms. The zero-order chi connectivity index (χ0) is 28.9. The highest BCUT2D eigenvalue weighted by Gasteiger charge is 2.96. The summed E-state index contributed by atoms with van der Waals surface area (Å²) in [6, 6.07) is 0. The molecule has 0 aliphatic rings. The molecule has 0 aromatic carbocycles. The van der Waals surface area contributed by atoms with Gasteiger partial charge in [0.25, 0.3) is 0 Å². The van der Waals surface area contributed by atoms with E-state index in [-0.39, 0.29) is 0 Å². The molecule has 0 fully saturated rings. The van der Waals surface area contributed by atoms with E-state index in [0.717, 1.165) is 6.08 Å². The second-order valence-electron chi connectivity index (χ2n) is 6.89. The van der Waals surface area contributed by atoms with Gasteiger partial charge in [-0.3, -0.25) is 0 Å². The zero-order valence-corrected chi connectivity index (χ0v) is 16.8. The molecule has 0 amide bonds. The van der Waals surface area contributed by atoms with Crippen molar-refractivity contribution in [1.29, 1.82) is 0 Å². The van der Waals surface area contributed by atoms with E-state index < -0.39 is 78.2 Å². The number of hydrogen-bond acceptors (Lipinski definition) is 0. The molecule has 0 rings (SSSR count). The molecule has 1 atom stereocenters. The van der Waals surface area contributed by atoms with Gasteiger partial charge < -0.3 is 0 Å². The summed E-state index contributed by atoms with van der Waals surface area (Å²) in [5.41, 5.74) is 0. The molecule has 210 valence electrons. The molecule has 0 aliphatic carbocycles. The summed E-state index contributed by atoms with van der Waals surface area (Å²) in [5, 5.41) is -2.31. The lowest BCUT2D eigenvalue weighted by molar-refractivity contribution is -0.468. The molecular formula is C15H10ClF19. The Balaban J connectivity index is 6.71. The summed E-state index contributed by atoms with van der Waals surface area (Å²) < 4.78 is 250. The van der Waals surface area contributed by atoms with E-state index in [2.05, 4.69) is 6.58 Å². The van der Waals surface area contributed by atoms with Gasteiger partial charge >= 0.3 is 53.6 Å². The Hall–Kier alpha value is -1.30. The van der Waals surface area contributed by atoms with Crippen LogP contribution in [0.2, 0.25) is 0 Å². The fourth-order valence-corrected chi connectivity index (χ4v) is 2.52. The van der Waals surface area contributed by atoms with Crippen LogP contribution >= 0.6 is 11.6 Å². The smallest absolute Gasteiger partial charge is 0.200 e. The Morgan fingerprint density at radius 3 is 1.09 bits per heavy atom. The van der Waals surface area contributed by atoms with Gasteiger partial charge in [-0.15, -0.1) is 18.2 Å². The Morgan fingerprint density at radius 1 is 0.514 bits per heavy atom. The second kappa shape index (κ2) is 9.22. The fraction of sp³-hybridized carbons (Fsp3) is 0.867. The first kappa shape index (κ1) is 33.7. The summed E-state index contributed by atoms with van der Waals surface area (Å²) in [6.45, 7) is 3.00. The van der Waals surface area contributed by atoms with E-state index in [4.69, 9.17) is 11.6 Å². The third-order valence-electron chi connectivity index (χ3n) is 4.34. The molecule has 0 nitrogen and oxygen atoms in total. The molecule has 0 saturated carbocycles. The SMILES string of the molecule is C=CCCC(Cl)CC(F)(F)C(F)(F)C(F)(F)C(F)(F)C(F)(F)C(F)(F)C(F)(F)C(F)(F)C(F)(F)F.